The average molecular weight is 443 g/mol. The zero-order valence-electron chi connectivity index (χ0n) is 20.9. The largest absolute Gasteiger partial charge is 0.591 e. The first-order valence-electron chi connectivity index (χ1n) is 13.0. The van der Waals surface area contributed by atoms with E-state index in [9.17, 15) is 9.46 Å². The molecule has 0 aliphatic carbocycles. The molecule has 3 nitrogen and oxygen atoms in total. The van der Waals surface area contributed by atoms with Crippen LogP contribution in [0.2, 0.25) is 0 Å². The highest BCUT2D eigenvalue weighted by atomic mass is 31.1. The van der Waals surface area contributed by atoms with Crippen molar-refractivity contribution >= 4 is 8.03 Å². The molecule has 2 atom stereocenters. The van der Waals surface area contributed by atoms with E-state index in [2.05, 4.69) is 19.1 Å². The van der Waals surface area contributed by atoms with E-state index >= 15 is 0 Å². The van der Waals surface area contributed by atoms with E-state index in [0.717, 1.165) is 19.3 Å². The van der Waals surface area contributed by atoms with Crippen molar-refractivity contribution in [2.75, 3.05) is 21.1 Å². The lowest BCUT2D eigenvalue weighted by atomic mass is 10.0. The first kappa shape index (κ1) is 29.8. The Labute approximate surface area is 190 Å². The molecule has 178 valence electrons. The highest BCUT2D eigenvalue weighted by molar-refractivity contribution is 7.37. The molecule has 0 N–H and O–H groups in total. The first-order chi connectivity index (χ1) is 14.4. The summed E-state index contributed by atoms with van der Waals surface area (Å²) >= 11 is 0. The zero-order chi connectivity index (χ0) is 22.5. The van der Waals surface area contributed by atoms with E-state index in [1.54, 1.807) is 0 Å². The molecular weight excluding hydrogens is 389 g/mol. The molecule has 0 aliphatic rings. The molecule has 0 aromatic carbocycles. The third-order valence-corrected chi connectivity index (χ3v) is 7.55. The van der Waals surface area contributed by atoms with Crippen molar-refractivity contribution in [2.24, 2.45) is 0 Å². The summed E-state index contributed by atoms with van der Waals surface area (Å²) in [6.45, 7) is 2.29. The van der Waals surface area contributed by atoms with Crippen LogP contribution in [-0.2, 0) is 4.57 Å². The number of quaternary nitrogens is 1. The molecule has 30 heavy (non-hydrogen) atoms. The van der Waals surface area contributed by atoms with Crippen molar-refractivity contribution in [2.45, 2.75) is 135 Å². The minimum atomic E-state index is -2.35. The molecule has 0 aromatic heterocycles. The Bertz CT molecular complexity index is 418. The molecular formula is C26H53NO2P+. The van der Waals surface area contributed by atoms with Crippen LogP contribution in [0.1, 0.15) is 129 Å². The van der Waals surface area contributed by atoms with Crippen LogP contribution in [-0.4, -0.2) is 31.4 Å². The summed E-state index contributed by atoms with van der Waals surface area (Å²) in [7, 11) is 3.53. The van der Waals surface area contributed by atoms with Crippen molar-refractivity contribution in [3.05, 3.63) is 12.2 Å². The summed E-state index contributed by atoms with van der Waals surface area (Å²) in [5, 5.41) is 0. The van der Waals surface area contributed by atoms with Gasteiger partial charge in [-0.3, -0.25) is 4.48 Å². The normalized spacial score (nSPS) is 13.8. The fourth-order valence-corrected chi connectivity index (χ4v) is 5.02. The smallest absolute Gasteiger partial charge is 0.373 e. The number of rotatable bonds is 22. The zero-order valence-corrected chi connectivity index (χ0v) is 21.8. The molecule has 0 radical (unpaired) electrons. The average Bonchev–Trinajstić information content (AvgIpc) is 2.68. The Balaban J connectivity index is 3.33. The van der Waals surface area contributed by atoms with Crippen LogP contribution < -0.4 is 4.89 Å². The van der Waals surface area contributed by atoms with Gasteiger partial charge in [0.25, 0.3) is 5.78 Å². The molecule has 0 spiro atoms. The Morgan fingerprint density at radius 2 is 1.03 bits per heavy atom. The Morgan fingerprint density at radius 1 is 0.667 bits per heavy atom. The summed E-state index contributed by atoms with van der Waals surface area (Å²) < 4.78 is 11.9. The molecule has 0 heterocycles. The van der Waals surface area contributed by atoms with Gasteiger partial charge in [0.15, 0.2) is 0 Å². The highest BCUT2D eigenvalue weighted by Crippen LogP contribution is 2.28. The van der Waals surface area contributed by atoms with Gasteiger partial charge in [-0.2, -0.15) is 0 Å². The summed E-state index contributed by atoms with van der Waals surface area (Å²) in [5.74, 6) is -0.260. The Morgan fingerprint density at radius 3 is 1.40 bits per heavy atom. The van der Waals surface area contributed by atoms with Crippen LogP contribution in [0.15, 0.2) is 12.2 Å². The van der Waals surface area contributed by atoms with Gasteiger partial charge >= 0.3 is 8.03 Å². The van der Waals surface area contributed by atoms with Gasteiger partial charge in [0.1, 0.15) is 0 Å². The van der Waals surface area contributed by atoms with Gasteiger partial charge in [-0.25, -0.2) is 0 Å². The number of hydrogen-bond acceptors (Lipinski definition) is 2. The maximum Gasteiger partial charge on any atom is 0.373 e. The van der Waals surface area contributed by atoms with Crippen molar-refractivity contribution < 1.29 is 13.9 Å². The highest BCUT2D eigenvalue weighted by Gasteiger charge is 2.34. The van der Waals surface area contributed by atoms with Gasteiger partial charge in [-0.15, -0.1) is 0 Å². The molecule has 0 saturated heterocycles. The standard InChI is InChI=1S/C26H53NO2P/c1-5-6-7-8-9-10-11-12-13-14-15-16-17-18-19-20-21-22-23-24-25-26(30(28)29)27(2,3)4/h21-22,26H,5-20,23-25H2,1-4H3/q+1. The van der Waals surface area contributed by atoms with Crippen LogP contribution >= 0.6 is 8.03 Å². The number of hydrogen-bond donors (Lipinski definition) is 0. The van der Waals surface area contributed by atoms with E-state index in [-0.39, 0.29) is 5.78 Å². The number of nitrogens with zero attached hydrogens (tertiary/aromatic N) is 1. The molecule has 0 aliphatic heterocycles. The second-order valence-electron chi connectivity index (χ2n) is 10.0. The fraction of sp³-hybridized carbons (Fsp3) is 0.923. The summed E-state index contributed by atoms with van der Waals surface area (Å²) in [4.78, 5) is 11.4. The molecule has 0 amide bonds. The number of unbranched alkanes of at least 4 members (excludes halogenated alkanes) is 16. The molecule has 0 saturated carbocycles. The molecule has 4 heteroatoms. The second-order valence-corrected chi connectivity index (χ2v) is 11.2. The minimum absolute atomic E-state index is 0.260. The third-order valence-electron chi connectivity index (χ3n) is 6.11. The first-order valence-corrected chi connectivity index (χ1v) is 14.2. The monoisotopic (exact) mass is 442 g/mol. The van der Waals surface area contributed by atoms with Crippen molar-refractivity contribution in [1.29, 1.82) is 0 Å². The van der Waals surface area contributed by atoms with Crippen LogP contribution in [0.3, 0.4) is 0 Å². The van der Waals surface area contributed by atoms with Crippen LogP contribution in [0.5, 0.6) is 0 Å². The SMILES string of the molecule is CCCCCCCCCCCCCCCCCC=CCCCC([P+](=O)[O-])[N+](C)(C)C. The predicted molar refractivity (Wildman–Crippen MR) is 132 cm³/mol. The Kier molecular flexibility index (Phi) is 20.5. The van der Waals surface area contributed by atoms with Gasteiger partial charge in [0.05, 0.1) is 21.1 Å². The quantitative estimate of drug-likeness (QED) is 0.0735. The number of allylic oxidation sites excluding steroid dienone is 2. The van der Waals surface area contributed by atoms with E-state index in [1.807, 2.05) is 21.1 Å². The van der Waals surface area contributed by atoms with Crippen molar-refractivity contribution in [3.8, 4) is 0 Å². The van der Waals surface area contributed by atoms with Crippen LogP contribution in [0.25, 0.3) is 0 Å². The fourth-order valence-electron chi connectivity index (χ4n) is 4.06. The molecule has 0 rings (SSSR count). The summed E-state index contributed by atoms with van der Waals surface area (Å²) in [5.41, 5.74) is 0. The third kappa shape index (κ3) is 19.7. The summed E-state index contributed by atoms with van der Waals surface area (Å²) in [6.07, 6.45) is 29.6. The summed E-state index contributed by atoms with van der Waals surface area (Å²) in [6, 6.07) is 0. The van der Waals surface area contributed by atoms with E-state index < -0.39 is 8.03 Å². The van der Waals surface area contributed by atoms with Gasteiger partial charge in [-0.05, 0) is 25.7 Å². The lowest BCUT2D eigenvalue weighted by Gasteiger charge is -2.27. The van der Waals surface area contributed by atoms with Crippen molar-refractivity contribution in [3.63, 3.8) is 0 Å². The second kappa shape index (κ2) is 20.7. The van der Waals surface area contributed by atoms with E-state index in [0.29, 0.717) is 4.48 Å². The van der Waals surface area contributed by atoms with Gasteiger partial charge in [0, 0.05) is 6.42 Å². The predicted octanol–water partition coefficient (Wildman–Crippen LogP) is 8.11. The molecule has 0 aromatic rings. The maximum absolute atomic E-state index is 11.4. The molecule has 2 unspecified atom stereocenters. The van der Waals surface area contributed by atoms with Crippen LogP contribution in [0.4, 0.5) is 0 Å². The maximum atomic E-state index is 11.4. The van der Waals surface area contributed by atoms with E-state index in [1.165, 1.54) is 103 Å². The van der Waals surface area contributed by atoms with Crippen LogP contribution in [0, 0.1) is 0 Å². The lowest BCUT2D eigenvalue weighted by Crippen LogP contribution is -2.44. The topological polar surface area (TPSA) is 40.1 Å². The Hall–Kier alpha value is -0.240. The lowest BCUT2D eigenvalue weighted by molar-refractivity contribution is -0.883. The van der Waals surface area contributed by atoms with Crippen molar-refractivity contribution in [1.82, 2.24) is 0 Å². The van der Waals surface area contributed by atoms with Gasteiger partial charge < -0.3 is 4.89 Å². The minimum Gasteiger partial charge on any atom is -0.591 e. The van der Waals surface area contributed by atoms with E-state index in [4.69, 9.17) is 0 Å². The van der Waals surface area contributed by atoms with Gasteiger partial charge in [-0.1, -0.05) is 114 Å². The molecule has 0 bridgehead atoms. The molecule has 0 fully saturated rings. The van der Waals surface area contributed by atoms with Gasteiger partial charge in [0.2, 0.25) is 0 Å².